The molecule has 11 heavy (non-hydrogen) atoms. The summed E-state index contributed by atoms with van der Waals surface area (Å²) in [5, 5.41) is 8.89. The molecule has 0 aliphatic heterocycles. The van der Waals surface area contributed by atoms with Gasteiger partial charge in [-0.3, -0.25) is 0 Å². The molecule has 0 amide bonds. The maximum absolute atomic E-state index is 8.89. The van der Waals surface area contributed by atoms with E-state index in [-0.39, 0.29) is 0 Å². The molecule has 0 spiro atoms. The van der Waals surface area contributed by atoms with E-state index in [0.717, 1.165) is 6.92 Å². The highest BCUT2D eigenvalue weighted by atomic mass is 16.4. The van der Waals surface area contributed by atoms with Gasteiger partial charge in [-0.2, -0.15) is 0 Å². The van der Waals surface area contributed by atoms with Gasteiger partial charge < -0.3 is 9.90 Å². The molecule has 0 saturated heterocycles. The molecule has 0 saturated carbocycles. The molecule has 4 nitrogen and oxygen atoms in total. The van der Waals surface area contributed by atoms with Crippen molar-refractivity contribution in [3.8, 4) is 0 Å². The smallest absolute Gasteiger partial charge is 0.243 e. The Hall–Kier alpha value is -1.32. The first-order valence-electron chi connectivity index (χ1n) is 3.17. The second-order valence-electron chi connectivity index (χ2n) is 2.24. The van der Waals surface area contributed by atoms with Gasteiger partial charge in [-0.25, -0.2) is 9.13 Å². The molecule has 0 aromatic carbocycles. The third-order valence-electron chi connectivity index (χ3n) is 0.901. The first-order valence-corrected chi connectivity index (χ1v) is 3.17. The Balaban J connectivity index is 0.000000218. The number of carboxylic acids is 1. The van der Waals surface area contributed by atoms with E-state index < -0.39 is 5.97 Å². The summed E-state index contributed by atoms with van der Waals surface area (Å²) in [5.41, 5.74) is 0. The Morgan fingerprint density at radius 2 is 2.09 bits per heavy atom. The molecule has 1 heterocycles. The average Bonchev–Trinajstić information content (AvgIpc) is 2.13. The molecule has 0 aliphatic rings. The fourth-order valence-corrected chi connectivity index (χ4v) is 0.575. The van der Waals surface area contributed by atoms with Gasteiger partial charge in [0, 0.05) is 5.97 Å². The lowest BCUT2D eigenvalue weighted by Crippen LogP contribution is -2.23. The highest BCUT2D eigenvalue weighted by Gasteiger charge is 1.87. The number of imidazole rings is 1. The van der Waals surface area contributed by atoms with Crippen LogP contribution in [0.2, 0.25) is 0 Å². The van der Waals surface area contributed by atoms with Crippen molar-refractivity contribution in [2.45, 2.75) is 6.92 Å². The highest BCUT2D eigenvalue weighted by molar-refractivity contribution is 5.60. The van der Waals surface area contributed by atoms with E-state index in [9.17, 15) is 0 Å². The van der Waals surface area contributed by atoms with E-state index in [4.69, 9.17) is 9.90 Å². The van der Waals surface area contributed by atoms with Gasteiger partial charge in [-0.05, 0) is 6.92 Å². The Kier molecular flexibility index (Phi) is 3.95. The van der Waals surface area contributed by atoms with Gasteiger partial charge in [-0.15, -0.1) is 0 Å². The fourth-order valence-electron chi connectivity index (χ4n) is 0.575. The number of carbonyl (C=O) groups is 1. The predicted molar refractivity (Wildman–Crippen MR) is 37.3 cm³/mol. The minimum absolute atomic E-state index is 0.972. The molecule has 62 valence electrons. The fraction of sp³-hybridized carbons (Fsp3) is 0.429. The van der Waals surface area contributed by atoms with E-state index in [1.807, 2.05) is 42.0 Å². The Morgan fingerprint density at radius 1 is 1.64 bits per heavy atom. The van der Waals surface area contributed by atoms with Crippen LogP contribution in [0, 0.1) is 0 Å². The zero-order valence-electron chi connectivity index (χ0n) is 6.94. The lowest BCUT2D eigenvalue weighted by molar-refractivity contribution is -0.670. The Morgan fingerprint density at radius 3 is 2.18 bits per heavy atom. The van der Waals surface area contributed by atoms with Gasteiger partial charge in [0.05, 0.1) is 14.1 Å². The van der Waals surface area contributed by atoms with Crippen molar-refractivity contribution in [1.29, 1.82) is 0 Å². The summed E-state index contributed by atoms with van der Waals surface area (Å²) in [6, 6.07) is 0. The van der Waals surface area contributed by atoms with Crippen LogP contribution < -0.4 is 9.67 Å². The average molecular weight is 156 g/mol. The number of aliphatic carboxylic acids is 1. The number of carbonyl (C=O) groups excluding carboxylic acids is 1. The third kappa shape index (κ3) is 6.57. The second kappa shape index (κ2) is 4.49. The molecule has 0 fully saturated rings. The summed E-state index contributed by atoms with van der Waals surface area (Å²) >= 11 is 0. The molecule has 1 aromatic heterocycles. The van der Waals surface area contributed by atoms with Crippen LogP contribution >= 0.6 is 0 Å². The first-order chi connectivity index (χ1) is 5.02. The van der Waals surface area contributed by atoms with Crippen LogP contribution in [0.3, 0.4) is 0 Å². The van der Waals surface area contributed by atoms with Crippen LogP contribution in [0.25, 0.3) is 0 Å². The summed E-state index contributed by atoms with van der Waals surface area (Å²) in [7, 11) is 4.00. The molecular formula is C7H12N2O2. The van der Waals surface area contributed by atoms with Gasteiger partial charge in [0.2, 0.25) is 6.33 Å². The lowest BCUT2D eigenvalue weighted by atomic mass is 10.9. The summed E-state index contributed by atoms with van der Waals surface area (Å²) in [4.78, 5) is 8.89. The number of aromatic nitrogens is 2. The molecule has 0 aliphatic carbocycles. The van der Waals surface area contributed by atoms with E-state index in [0.29, 0.717) is 0 Å². The maximum Gasteiger partial charge on any atom is 0.243 e. The van der Waals surface area contributed by atoms with Crippen molar-refractivity contribution < 1.29 is 14.5 Å². The van der Waals surface area contributed by atoms with Gasteiger partial charge in [0.1, 0.15) is 12.4 Å². The van der Waals surface area contributed by atoms with Crippen molar-refractivity contribution in [3.05, 3.63) is 18.7 Å². The van der Waals surface area contributed by atoms with Crippen molar-refractivity contribution in [2.75, 3.05) is 0 Å². The highest BCUT2D eigenvalue weighted by Crippen LogP contribution is 1.70. The van der Waals surface area contributed by atoms with Crippen LogP contribution in [-0.4, -0.2) is 10.5 Å². The lowest BCUT2D eigenvalue weighted by Gasteiger charge is -1.77. The van der Waals surface area contributed by atoms with Gasteiger partial charge >= 0.3 is 0 Å². The zero-order chi connectivity index (χ0) is 8.85. The molecule has 0 N–H and O–H groups in total. The third-order valence-corrected chi connectivity index (χ3v) is 0.901. The molecule has 0 atom stereocenters. The van der Waals surface area contributed by atoms with E-state index >= 15 is 0 Å². The van der Waals surface area contributed by atoms with Crippen molar-refractivity contribution >= 4 is 5.97 Å². The topological polar surface area (TPSA) is 48.9 Å². The summed E-state index contributed by atoms with van der Waals surface area (Å²) in [6.07, 6.45) is 6.00. The largest absolute Gasteiger partial charge is 0.550 e. The van der Waals surface area contributed by atoms with Crippen molar-refractivity contribution in [1.82, 2.24) is 4.57 Å². The molecule has 0 radical (unpaired) electrons. The number of aryl methyl sites for hydroxylation is 2. The molecule has 0 unspecified atom stereocenters. The summed E-state index contributed by atoms with van der Waals surface area (Å²) in [5.74, 6) is -1.08. The molecule has 1 rings (SSSR count). The second-order valence-corrected chi connectivity index (χ2v) is 2.24. The Bertz CT molecular complexity index is 210. The van der Waals surface area contributed by atoms with Gasteiger partial charge in [0.25, 0.3) is 0 Å². The standard InChI is InChI=1S/C5H9N2.C2H4O2/c1-6-3-4-7(2)5-6;1-2(3)4/h3-5H,1-2H3;1H3,(H,3,4)/q+1;/p-1. The van der Waals surface area contributed by atoms with Gasteiger partial charge in [-0.1, -0.05) is 0 Å². The summed E-state index contributed by atoms with van der Waals surface area (Å²) < 4.78 is 4.00. The molecule has 4 heteroatoms. The van der Waals surface area contributed by atoms with E-state index in [1.54, 1.807) is 0 Å². The van der Waals surface area contributed by atoms with Crippen LogP contribution in [0.1, 0.15) is 6.92 Å². The number of hydrogen-bond acceptors (Lipinski definition) is 2. The zero-order valence-corrected chi connectivity index (χ0v) is 6.94. The molecule has 0 bridgehead atoms. The first kappa shape index (κ1) is 9.68. The van der Waals surface area contributed by atoms with E-state index in [1.165, 1.54) is 0 Å². The van der Waals surface area contributed by atoms with Crippen LogP contribution in [-0.2, 0) is 18.9 Å². The number of hydrogen-bond donors (Lipinski definition) is 0. The quantitative estimate of drug-likeness (QED) is 0.434. The van der Waals surface area contributed by atoms with Crippen LogP contribution in [0.15, 0.2) is 18.7 Å². The maximum atomic E-state index is 8.89. The SMILES string of the molecule is CC(=O)[O-].Cn1cc[n+](C)c1. The van der Waals surface area contributed by atoms with Crippen LogP contribution in [0.5, 0.6) is 0 Å². The minimum Gasteiger partial charge on any atom is -0.550 e. The Labute approximate surface area is 65.7 Å². The number of carboxylic acid groups (broad SMARTS) is 1. The predicted octanol–water partition coefficient (Wildman–Crippen LogP) is -1.39. The van der Waals surface area contributed by atoms with Crippen LogP contribution in [0.4, 0.5) is 0 Å². The molecule has 1 aromatic rings. The monoisotopic (exact) mass is 156 g/mol. The minimum atomic E-state index is -1.08. The number of nitrogens with zero attached hydrogens (tertiary/aromatic N) is 2. The van der Waals surface area contributed by atoms with E-state index in [2.05, 4.69) is 0 Å². The van der Waals surface area contributed by atoms with Crippen molar-refractivity contribution in [3.63, 3.8) is 0 Å². The summed E-state index contributed by atoms with van der Waals surface area (Å²) in [6.45, 7) is 0.972. The van der Waals surface area contributed by atoms with Gasteiger partial charge in [0.15, 0.2) is 0 Å². The normalized spacial score (nSPS) is 8.27. The number of rotatable bonds is 0. The van der Waals surface area contributed by atoms with Crippen molar-refractivity contribution in [2.24, 2.45) is 14.1 Å². The molecular weight excluding hydrogens is 144 g/mol.